The van der Waals surface area contributed by atoms with E-state index in [1.165, 1.54) is 18.2 Å². The molecule has 0 aromatic heterocycles. The van der Waals surface area contributed by atoms with E-state index >= 15 is 0 Å². The van der Waals surface area contributed by atoms with Gasteiger partial charge in [-0.2, -0.15) is 5.10 Å². The van der Waals surface area contributed by atoms with E-state index < -0.39 is 0 Å². The highest BCUT2D eigenvalue weighted by molar-refractivity contribution is 6.01. The molecule has 2 aromatic carbocycles. The molecule has 0 bridgehead atoms. The molecule has 2 rings (SSSR count). The Morgan fingerprint density at radius 1 is 1.08 bits per heavy atom. The molecular weight excluding hydrogens is 320 g/mol. The molecule has 0 aliphatic heterocycles. The van der Waals surface area contributed by atoms with Crippen molar-refractivity contribution in [3.8, 4) is 17.2 Å². The van der Waals surface area contributed by atoms with E-state index in [2.05, 4.69) is 24.4 Å². The van der Waals surface area contributed by atoms with E-state index in [1.807, 2.05) is 0 Å². The molecule has 2 aromatic rings. The molecule has 0 unspecified atom stereocenters. The minimum atomic E-state index is -0.362. The SMILES string of the molecule is C/C(=N\NC(=O)c1ccc(OCC(C)C)cc1)c1cc(O)cc(O)c1. The van der Waals surface area contributed by atoms with Gasteiger partial charge in [-0.05, 0) is 49.2 Å². The summed E-state index contributed by atoms with van der Waals surface area (Å²) in [5, 5.41) is 23.0. The van der Waals surface area contributed by atoms with E-state index in [0.717, 1.165) is 0 Å². The number of rotatable bonds is 6. The fraction of sp³-hybridized carbons (Fsp3) is 0.263. The summed E-state index contributed by atoms with van der Waals surface area (Å²) in [5.41, 5.74) is 3.87. The molecule has 0 saturated heterocycles. The van der Waals surface area contributed by atoms with E-state index in [-0.39, 0.29) is 17.4 Å². The van der Waals surface area contributed by atoms with E-state index in [9.17, 15) is 15.0 Å². The van der Waals surface area contributed by atoms with Crippen LogP contribution in [-0.4, -0.2) is 28.4 Å². The van der Waals surface area contributed by atoms with Crippen molar-refractivity contribution in [2.45, 2.75) is 20.8 Å². The van der Waals surface area contributed by atoms with Crippen LogP contribution in [0.15, 0.2) is 47.6 Å². The molecule has 0 saturated carbocycles. The van der Waals surface area contributed by atoms with Crippen LogP contribution in [-0.2, 0) is 0 Å². The van der Waals surface area contributed by atoms with Gasteiger partial charge in [-0.15, -0.1) is 0 Å². The number of aromatic hydroxyl groups is 2. The lowest BCUT2D eigenvalue weighted by atomic mass is 10.1. The van der Waals surface area contributed by atoms with Crippen LogP contribution in [0.3, 0.4) is 0 Å². The van der Waals surface area contributed by atoms with Gasteiger partial charge in [0, 0.05) is 17.2 Å². The average Bonchev–Trinajstić information content (AvgIpc) is 2.57. The lowest BCUT2D eigenvalue weighted by Crippen LogP contribution is -2.19. The van der Waals surface area contributed by atoms with Gasteiger partial charge < -0.3 is 14.9 Å². The molecule has 0 radical (unpaired) electrons. The molecule has 0 aliphatic rings. The second-order valence-electron chi connectivity index (χ2n) is 6.11. The third kappa shape index (κ3) is 5.53. The minimum Gasteiger partial charge on any atom is -0.508 e. The Bertz CT molecular complexity index is 747. The highest BCUT2D eigenvalue weighted by Gasteiger charge is 2.07. The van der Waals surface area contributed by atoms with Gasteiger partial charge in [-0.1, -0.05) is 13.8 Å². The topological polar surface area (TPSA) is 91.2 Å². The predicted molar refractivity (Wildman–Crippen MR) is 96.2 cm³/mol. The highest BCUT2D eigenvalue weighted by atomic mass is 16.5. The first-order valence-electron chi connectivity index (χ1n) is 7.96. The van der Waals surface area contributed by atoms with Gasteiger partial charge in [0.15, 0.2) is 0 Å². The van der Waals surface area contributed by atoms with Gasteiger partial charge in [-0.25, -0.2) is 5.43 Å². The summed E-state index contributed by atoms with van der Waals surface area (Å²) >= 11 is 0. The Kier molecular flexibility index (Phi) is 6.00. The Hall–Kier alpha value is -3.02. The average molecular weight is 342 g/mol. The summed E-state index contributed by atoms with van der Waals surface area (Å²) in [6, 6.07) is 10.9. The number of phenols is 2. The molecule has 1 amide bonds. The number of benzene rings is 2. The maximum absolute atomic E-state index is 12.1. The molecule has 0 heterocycles. The number of carbonyl (C=O) groups is 1. The normalized spacial score (nSPS) is 11.4. The van der Waals surface area contributed by atoms with Crippen molar-refractivity contribution in [3.63, 3.8) is 0 Å². The highest BCUT2D eigenvalue weighted by Crippen LogP contribution is 2.20. The van der Waals surface area contributed by atoms with Gasteiger partial charge in [0.2, 0.25) is 0 Å². The van der Waals surface area contributed by atoms with Crippen molar-refractivity contribution in [1.29, 1.82) is 0 Å². The van der Waals surface area contributed by atoms with Gasteiger partial charge >= 0.3 is 0 Å². The first-order chi connectivity index (χ1) is 11.8. The second kappa shape index (κ2) is 8.19. The van der Waals surface area contributed by atoms with Gasteiger partial charge in [0.1, 0.15) is 17.2 Å². The third-order valence-electron chi connectivity index (χ3n) is 3.35. The van der Waals surface area contributed by atoms with Crippen LogP contribution >= 0.6 is 0 Å². The van der Waals surface area contributed by atoms with Crippen LogP contribution in [0.1, 0.15) is 36.7 Å². The fourth-order valence-electron chi connectivity index (χ4n) is 2.03. The number of amides is 1. The largest absolute Gasteiger partial charge is 0.508 e. The number of nitrogens with one attached hydrogen (secondary N) is 1. The molecule has 0 fully saturated rings. The zero-order valence-corrected chi connectivity index (χ0v) is 14.5. The van der Waals surface area contributed by atoms with Gasteiger partial charge in [0.05, 0.1) is 12.3 Å². The zero-order chi connectivity index (χ0) is 18.4. The lowest BCUT2D eigenvalue weighted by molar-refractivity contribution is 0.0955. The molecule has 3 N–H and O–H groups in total. The monoisotopic (exact) mass is 342 g/mol. The quantitative estimate of drug-likeness (QED) is 0.555. The van der Waals surface area contributed by atoms with Crippen molar-refractivity contribution in [2.24, 2.45) is 11.0 Å². The minimum absolute atomic E-state index is 0.0761. The van der Waals surface area contributed by atoms with Crippen LogP contribution in [0.5, 0.6) is 17.2 Å². The molecule has 6 heteroatoms. The fourth-order valence-corrected chi connectivity index (χ4v) is 2.03. The zero-order valence-electron chi connectivity index (χ0n) is 14.5. The van der Waals surface area contributed by atoms with Crippen LogP contribution in [0.4, 0.5) is 0 Å². The molecule has 132 valence electrons. The Morgan fingerprint density at radius 2 is 1.68 bits per heavy atom. The van der Waals surface area contributed by atoms with E-state index in [1.54, 1.807) is 31.2 Å². The third-order valence-corrected chi connectivity index (χ3v) is 3.35. The standard InChI is InChI=1S/C19H22N2O4/c1-12(2)11-25-18-6-4-14(5-7-18)19(24)21-20-13(3)15-8-16(22)10-17(23)9-15/h4-10,12,22-23H,11H2,1-3H3,(H,21,24)/b20-13+. The first-order valence-corrected chi connectivity index (χ1v) is 7.96. The van der Waals surface area contributed by atoms with Gasteiger partial charge in [-0.3, -0.25) is 4.79 Å². The number of hydrazone groups is 1. The van der Waals surface area contributed by atoms with Crippen LogP contribution in [0, 0.1) is 5.92 Å². The van der Waals surface area contributed by atoms with E-state index in [4.69, 9.17) is 4.74 Å². The molecule has 0 spiro atoms. The number of carbonyl (C=O) groups excluding carboxylic acids is 1. The maximum atomic E-state index is 12.1. The summed E-state index contributed by atoms with van der Waals surface area (Å²) in [6.45, 7) is 6.41. The van der Waals surface area contributed by atoms with Crippen molar-refractivity contribution < 1.29 is 19.7 Å². The summed E-state index contributed by atoms with van der Waals surface area (Å²) in [7, 11) is 0. The lowest BCUT2D eigenvalue weighted by Gasteiger charge is -2.09. The summed E-state index contributed by atoms with van der Waals surface area (Å²) in [5.74, 6) is 0.622. The molecule has 6 nitrogen and oxygen atoms in total. The molecular formula is C19H22N2O4. The number of phenolic OH excluding ortho intramolecular Hbond substituents is 2. The Morgan fingerprint density at radius 3 is 2.24 bits per heavy atom. The van der Waals surface area contributed by atoms with Crippen LogP contribution in [0.25, 0.3) is 0 Å². The number of hydrogen-bond donors (Lipinski definition) is 3. The molecule has 25 heavy (non-hydrogen) atoms. The van der Waals surface area contributed by atoms with Crippen molar-refractivity contribution in [3.05, 3.63) is 53.6 Å². The smallest absolute Gasteiger partial charge is 0.271 e. The van der Waals surface area contributed by atoms with E-state index in [0.29, 0.717) is 35.1 Å². The predicted octanol–water partition coefficient (Wildman–Crippen LogP) is 3.29. The van der Waals surface area contributed by atoms with Crippen LogP contribution in [0.2, 0.25) is 0 Å². The second-order valence-corrected chi connectivity index (χ2v) is 6.11. The summed E-state index contributed by atoms with van der Waals surface area (Å²) < 4.78 is 5.57. The Labute approximate surface area is 146 Å². The maximum Gasteiger partial charge on any atom is 0.271 e. The molecule has 0 aliphatic carbocycles. The number of hydrogen-bond acceptors (Lipinski definition) is 5. The first kappa shape index (κ1) is 18.3. The van der Waals surface area contributed by atoms with Gasteiger partial charge in [0.25, 0.3) is 5.91 Å². The summed E-state index contributed by atoms with van der Waals surface area (Å²) in [6.07, 6.45) is 0. The van der Waals surface area contributed by atoms with Crippen LogP contribution < -0.4 is 10.2 Å². The Balaban J connectivity index is 2.01. The number of ether oxygens (including phenoxy) is 1. The molecule has 0 atom stereocenters. The summed E-state index contributed by atoms with van der Waals surface area (Å²) in [4.78, 5) is 12.1. The van der Waals surface area contributed by atoms with Crippen molar-refractivity contribution in [1.82, 2.24) is 5.43 Å². The van der Waals surface area contributed by atoms with Crippen molar-refractivity contribution in [2.75, 3.05) is 6.61 Å². The number of nitrogens with zero attached hydrogens (tertiary/aromatic N) is 1. The van der Waals surface area contributed by atoms with Crippen molar-refractivity contribution >= 4 is 11.6 Å².